The number of hydrogen-bond acceptors (Lipinski definition) is 15. The lowest BCUT2D eigenvalue weighted by Crippen LogP contribution is -2.61. The molecule has 0 aromatic rings. The Hall–Kier alpha value is -2.28. The topological polar surface area (TPSA) is 231 Å². The average molecular weight is 1100 g/mol. The van der Waals surface area contributed by atoms with Crippen LogP contribution in [0.15, 0.2) is 36.5 Å². The van der Waals surface area contributed by atoms with E-state index in [4.69, 9.17) is 28.4 Å². The minimum Gasteiger partial charge on any atom is -0.462 e. The Labute approximate surface area is 465 Å². The zero-order valence-corrected chi connectivity index (χ0v) is 48.2. The number of carbonyl (C=O) groups is 2. The van der Waals surface area contributed by atoms with Crippen LogP contribution in [-0.2, 0) is 38.0 Å². The van der Waals surface area contributed by atoms with E-state index in [2.05, 4.69) is 50.3 Å². The van der Waals surface area contributed by atoms with Crippen LogP contribution >= 0.6 is 0 Å². The number of esters is 2. The van der Waals surface area contributed by atoms with Gasteiger partial charge in [-0.2, -0.15) is 0 Å². The predicted molar refractivity (Wildman–Crippen MR) is 303 cm³/mol. The maximum Gasteiger partial charge on any atom is 0.306 e. The van der Waals surface area contributed by atoms with E-state index in [0.717, 1.165) is 83.5 Å². The predicted octanol–water partition coefficient (Wildman–Crippen LogP) is 11.2. The molecule has 0 aromatic heterocycles. The molecule has 0 aromatic carbocycles. The SMILES string of the molecule is CC/C=C\C/C=C\C/C=C\CCCCCCCCCC(=O)OC(COC(=O)CCCCCCCCCCCCCCCCCCCCCCCCCC)COC1OC(COC2OC(CO)C(O)C(O)C2O)C(O)C(O)C1O. The summed E-state index contributed by atoms with van der Waals surface area (Å²) in [6.45, 7) is 2.52. The highest BCUT2D eigenvalue weighted by Crippen LogP contribution is 2.27. The van der Waals surface area contributed by atoms with Gasteiger partial charge in [-0.1, -0.05) is 230 Å². The first kappa shape index (κ1) is 70.8. The number of carbonyl (C=O) groups excluding carboxylic acids is 2. The fraction of sp³-hybridized carbons (Fsp3) is 0.871. The van der Waals surface area contributed by atoms with Crippen molar-refractivity contribution in [2.75, 3.05) is 26.4 Å². The van der Waals surface area contributed by atoms with Crippen molar-refractivity contribution in [3.05, 3.63) is 36.5 Å². The quantitative estimate of drug-likeness (QED) is 0.0171. The zero-order chi connectivity index (χ0) is 56.0. The molecule has 0 aliphatic carbocycles. The largest absolute Gasteiger partial charge is 0.462 e. The van der Waals surface area contributed by atoms with Gasteiger partial charge >= 0.3 is 11.9 Å². The van der Waals surface area contributed by atoms with Crippen molar-refractivity contribution in [1.82, 2.24) is 0 Å². The summed E-state index contributed by atoms with van der Waals surface area (Å²) in [5, 5.41) is 72.4. The van der Waals surface area contributed by atoms with E-state index in [9.17, 15) is 45.3 Å². The molecular weight excluding hydrogens is 985 g/mol. The number of allylic oxidation sites excluding steroid dienone is 6. The summed E-state index contributed by atoms with van der Waals surface area (Å²) in [4.78, 5) is 25.9. The third kappa shape index (κ3) is 35.2. The van der Waals surface area contributed by atoms with Crippen LogP contribution in [0, 0.1) is 0 Å². The Kier molecular flexibility index (Phi) is 44.5. The molecule has 15 nitrogen and oxygen atoms in total. The van der Waals surface area contributed by atoms with Crippen LogP contribution in [0.3, 0.4) is 0 Å². The fourth-order valence-electron chi connectivity index (χ4n) is 9.88. The molecule has 2 saturated heterocycles. The van der Waals surface area contributed by atoms with Crippen LogP contribution in [-0.4, -0.2) is 142 Å². The number of aliphatic hydroxyl groups excluding tert-OH is 7. The number of hydrogen-bond donors (Lipinski definition) is 7. The van der Waals surface area contributed by atoms with Gasteiger partial charge in [0.1, 0.15) is 55.4 Å². The number of ether oxygens (including phenoxy) is 6. The molecule has 77 heavy (non-hydrogen) atoms. The van der Waals surface area contributed by atoms with Gasteiger partial charge in [0.2, 0.25) is 0 Å². The van der Waals surface area contributed by atoms with Gasteiger partial charge < -0.3 is 64.2 Å². The maximum atomic E-state index is 13.1. The summed E-state index contributed by atoms with van der Waals surface area (Å²) in [5.41, 5.74) is 0. The third-order valence-electron chi connectivity index (χ3n) is 14.9. The van der Waals surface area contributed by atoms with Crippen molar-refractivity contribution in [2.24, 2.45) is 0 Å². The van der Waals surface area contributed by atoms with Crippen molar-refractivity contribution in [3.8, 4) is 0 Å². The lowest BCUT2D eigenvalue weighted by atomic mass is 9.98. The maximum absolute atomic E-state index is 13.1. The van der Waals surface area contributed by atoms with Gasteiger partial charge in [0.15, 0.2) is 18.7 Å². The summed E-state index contributed by atoms with van der Waals surface area (Å²) < 4.78 is 33.7. The number of aliphatic hydroxyl groups is 7. The summed E-state index contributed by atoms with van der Waals surface area (Å²) in [5.74, 6) is -0.924. The van der Waals surface area contributed by atoms with E-state index in [1.54, 1.807) is 0 Å². The van der Waals surface area contributed by atoms with Gasteiger partial charge in [-0.05, 0) is 44.9 Å². The van der Waals surface area contributed by atoms with E-state index < -0.39 is 92.7 Å². The van der Waals surface area contributed by atoms with E-state index in [-0.39, 0.29) is 26.1 Å². The molecule has 0 bridgehead atoms. The molecule has 0 saturated carbocycles. The smallest absolute Gasteiger partial charge is 0.306 e. The van der Waals surface area contributed by atoms with Crippen LogP contribution in [0.1, 0.15) is 251 Å². The summed E-state index contributed by atoms with van der Waals surface area (Å²) in [6, 6.07) is 0. The number of unbranched alkanes of at least 4 members (excludes halogenated alkanes) is 30. The van der Waals surface area contributed by atoms with Gasteiger partial charge in [-0.3, -0.25) is 9.59 Å². The zero-order valence-electron chi connectivity index (χ0n) is 48.2. The summed E-state index contributed by atoms with van der Waals surface area (Å²) in [7, 11) is 0. The number of rotatable bonds is 50. The molecule has 0 radical (unpaired) electrons. The minimum atomic E-state index is -1.77. The molecule has 0 spiro atoms. The van der Waals surface area contributed by atoms with Gasteiger partial charge in [0, 0.05) is 12.8 Å². The Morgan fingerprint density at radius 2 is 0.818 bits per heavy atom. The lowest BCUT2D eigenvalue weighted by Gasteiger charge is -2.42. The van der Waals surface area contributed by atoms with Gasteiger partial charge in [0.25, 0.3) is 0 Å². The Morgan fingerprint density at radius 1 is 0.429 bits per heavy atom. The third-order valence-corrected chi connectivity index (χ3v) is 14.9. The molecule has 450 valence electrons. The fourth-order valence-corrected chi connectivity index (χ4v) is 9.88. The highest BCUT2D eigenvalue weighted by molar-refractivity contribution is 5.70. The first-order valence-corrected chi connectivity index (χ1v) is 31.1. The highest BCUT2D eigenvalue weighted by Gasteiger charge is 2.47. The lowest BCUT2D eigenvalue weighted by molar-refractivity contribution is -0.332. The van der Waals surface area contributed by atoms with E-state index >= 15 is 0 Å². The molecule has 2 fully saturated rings. The molecule has 0 amide bonds. The second-order valence-electron chi connectivity index (χ2n) is 21.9. The minimum absolute atomic E-state index is 0.156. The van der Waals surface area contributed by atoms with E-state index in [1.165, 1.54) is 128 Å². The van der Waals surface area contributed by atoms with Crippen LogP contribution in [0.25, 0.3) is 0 Å². The molecular formula is C62H112O15. The van der Waals surface area contributed by atoms with E-state index in [1.807, 2.05) is 0 Å². The van der Waals surface area contributed by atoms with Crippen LogP contribution in [0.2, 0.25) is 0 Å². The molecule has 11 atom stereocenters. The first-order chi connectivity index (χ1) is 37.5. The Morgan fingerprint density at radius 3 is 1.29 bits per heavy atom. The van der Waals surface area contributed by atoms with Gasteiger partial charge in [0.05, 0.1) is 19.8 Å². The molecule has 2 rings (SSSR count). The molecule has 15 heteroatoms. The summed E-state index contributed by atoms with van der Waals surface area (Å²) >= 11 is 0. The molecule has 7 N–H and O–H groups in total. The molecule has 2 aliphatic rings. The summed E-state index contributed by atoms with van der Waals surface area (Å²) in [6.07, 6.45) is 38.9. The molecule has 2 aliphatic heterocycles. The second-order valence-corrected chi connectivity index (χ2v) is 21.9. The van der Waals surface area contributed by atoms with Gasteiger partial charge in [-0.15, -0.1) is 0 Å². The van der Waals surface area contributed by atoms with Crippen molar-refractivity contribution >= 4 is 11.9 Å². The monoisotopic (exact) mass is 1100 g/mol. The van der Waals surface area contributed by atoms with Crippen LogP contribution in [0.5, 0.6) is 0 Å². The normalized spacial score (nSPS) is 24.4. The Balaban J connectivity index is 1.70. The van der Waals surface area contributed by atoms with Crippen LogP contribution in [0.4, 0.5) is 0 Å². The first-order valence-electron chi connectivity index (χ1n) is 31.1. The molecule has 11 unspecified atom stereocenters. The standard InChI is InChI=1S/C62H112O15/c1-3-5-7-9-11-13-15-17-19-21-22-23-24-25-26-27-29-30-32-34-36-38-40-42-44-53(64)72-47-50(75-54(65)45-43-41-39-37-35-33-31-28-20-18-16-14-12-10-8-6-4-2)48-73-61-60(71)58(69)56(67)52(77-61)49-74-62-59(70)57(68)55(66)51(46-63)76-62/h6,8,12,14,18,20,50-52,55-63,66-71H,3-5,7,9-11,13,15-17,19,21-49H2,1-2H3/b8-6-,14-12-,20-18-. The van der Waals surface area contributed by atoms with Crippen LogP contribution < -0.4 is 0 Å². The highest BCUT2D eigenvalue weighted by atomic mass is 16.7. The second kappa shape index (κ2) is 48.4. The van der Waals surface area contributed by atoms with Crippen molar-refractivity contribution in [3.63, 3.8) is 0 Å². The average Bonchev–Trinajstić information content (AvgIpc) is 3.43. The van der Waals surface area contributed by atoms with E-state index in [0.29, 0.717) is 12.8 Å². The van der Waals surface area contributed by atoms with Crippen molar-refractivity contribution < 1.29 is 73.8 Å². The van der Waals surface area contributed by atoms with Gasteiger partial charge in [-0.25, -0.2) is 0 Å². The Bertz CT molecular complexity index is 1480. The van der Waals surface area contributed by atoms with Crippen molar-refractivity contribution in [1.29, 1.82) is 0 Å². The molecule has 2 heterocycles. The van der Waals surface area contributed by atoms with Crippen molar-refractivity contribution in [2.45, 2.75) is 319 Å².